The number of rotatable bonds is 6. The summed E-state index contributed by atoms with van der Waals surface area (Å²) in [5, 5.41) is 4.11. The number of halogens is 1. The summed E-state index contributed by atoms with van der Waals surface area (Å²) >= 11 is 0. The third kappa shape index (κ3) is 4.38. The van der Waals surface area contributed by atoms with Crippen molar-refractivity contribution >= 4 is 0 Å². The van der Waals surface area contributed by atoms with Gasteiger partial charge in [0.1, 0.15) is 5.82 Å². The Morgan fingerprint density at radius 3 is 2.70 bits per heavy atom. The van der Waals surface area contributed by atoms with E-state index in [1.165, 1.54) is 18.9 Å². The SMILES string of the molecule is CC(C)(C)c1nc(CN(CCc2cccc(F)c2)C2CC2)no1. The molecule has 0 N–H and O–H groups in total. The molecule has 23 heavy (non-hydrogen) atoms. The van der Waals surface area contributed by atoms with Crippen molar-refractivity contribution in [1.82, 2.24) is 15.0 Å². The molecule has 1 fully saturated rings. The second kappa shape index (κ2) is 6.40. The van der Waals surface area contributed by atoms with Gasteiger partial charge in [0.15, 0.2) is 5.82 Å². The first-order valence-corrected chi connectivity index (χ1v) is 8.23. The average molecular weight is 317 g/mol. The second-order valence-electron chi connectivity index (χ2n) is 7.35. The van der Waals surface area contributed by atoms with Crippen LogP contribution in [0.2, 0.25) is 0 Å². The van der Waals surface area contributed by atoms with Crippen LogP contribution in [0.15, 0.2) is 28.8 Å². The highest BCUT2D eigenvalue weighted by Gasteiger charge is 2.30. The predicted molar refractivity (Wildman–Crippen MR) is 86.5 cm³/mol. The minimum Gasteiger partial charge on any atom is -0.339 e. The average Bonchev–Trinajstić information content (AvgIpc) is 3.21. The van der Waals surface area contributed by atoms with Gasteiger partial charge in [-0.3, -0.25) is 4.90 Å². The first-order valence-electron chi connectivity index (χ1n) is 8.23. The molecule has 1 aromatic carbocycles. The molecule has 0 atom stereocenters. The maximum absolute atomic E-state index is 13.3. The Kier molecular flexibility index (Phi) is 4.48. The van der Waals surface area contributed by atoms with Gasteiger partial charge >= 0.3 is 0 Å². The zero-order valence-electron chi connectivity index (χ0n) is 14.1. The summed E-state index contributed by atoms with van der Waals surface area (Å²) in [7, 11) is 0. The molecule has 0 aliphatic heterocycles. The van der Waals surface area contributed by atoms with Gasteiger partial charge in [-0.15, -0.1) is 0 Å². The van der Waals surface area contributed by atoms with E-state index in [4.69, 9.17) is 4.52 Å². The molecule has 1 heterocycles. The number of aromatic nitrogens is 2. The monoisotopic (exact) mass is 317 g/mol. The van der Waals surface area contributed by atoms with Gasteiger partial charge in [0.2, 0.25) is 5.89 Å². The van der Waals surface area contributed by atoms with Crippen molar-refractivity contribution in [1.29, 1.82) is 0 Å². The lowest BCUT2D eigenvalue weighted by molar-refractivity contribution is 0.245. The van der Waals surface area contributed by atoms with Gasteiger partial charge in [0, 0.05) is 18.0 Å². The van der Waals surface area contributed by atoms with Crippen molar-refractivity contribution in [3.05, 3.63) is 47.4 Å². The molecule has 0 radical (unpaired) electrons. The molecule has 2 aromatic rings. The third-order valence-corrected chi connectivity index (χ3v) is 4.09. The zero-order chi connectivity index (χ0) is 16.4. The van der Waals surface area contributed by atoms with Crippen molar-refractivity contribution in [2.45, 2.75) is 58.0 Å². The standard InChI is InChI=1S/C18H24FN3O/c1-18(2,3)17-20-16(21-23-17)12-22(15-7-8-15)10-9-13-5-4-6-14(19)11-13/h4-6,11,15H,7-10,12H2,1-3H3. The molecule has 0 spiro atoms. The molecular weight excluding hydrogens is 293 g/mol. The first kappa shape index (κ1) is 16.1. The Morgan fingerprint density at radius 1 is 1.30 bits per heavy atom. The van der Waals surface area contributed by atoms with E-state index in [9.17, 15) is 4.39 Å². The maximum atomic E-state index is 13.3. The molecule has 1 aromatic heterocycles. The molecule has 1 aliphatic rings. The molecule has 0 amide bonds. The van der Waals surface area contributed by atoms with E-state index in [-0.39, 0.29) is 11.2 Å². The summed E-state index contributed by atoms with van der Waals surface area (Å²) in [4.78, 5) is 6.90. The minimum absolute atomic E-state index is 0.128. The van der Waals surface area contributed by atoms with Crippen molar-refractivity contribution in [2.75, 3.05) is 6.54 Å². The number of benzene rings is 1. The van der Waals surface area contributed by atoms with Crippen LogP contribution in [0.3, 0.4) is 0 Å². The van der Waals surface area contributed by atoms with Gasteiger partial charge in [-0.25, -0.2) is 4.39 Å². The highest BCUT2D eigenvalue weighted by molar-refractivity contribution is 5.16. The summed E-state index contributed by atoms with van der Waals surface area (Å²) in [6, 6.07) is 7.42. The van der Waals surface area contributed by atoms with Crippen molar-refractivity contribution in [3.8, 4) is 0 Å². The van der Waals surface area contributed by atoms with Crippen LogP contribution in [-0.2, 0) is 18.4 Å². The van der Waals surface area contributed by atoms with Gasteiger partial charge in [-0.2, -0.15) is 4.98 Å². The Hall–Kier alpha value is -1.75. The largest absolute Gasteiger partial charge is 0.339 e. The summed E-state index contributed by atoms with van der Waals surface area (Å²) in [6.45, 7) is 7.76. The number of hydrogen-bond donors (Lipinski definition) is 0. The molecule has 1 aliphatic carbocycles. The lowest BCUT2D eigenvalue weighted by Gasteiger charge is -2.20. The molecule has 124 valence electrons. The Morgan fingerprint density at radius 2 is 2.09 bits per heavy atom. The highest BCUT2D eigenvalue weighted by atomic mass is 19.1. The Bertz CT molecular complexity index is 658. The fourth-order valence-electron chi connectivity index (χ4n) is 2.60. The topological polar surface area (TPSA) is 42.2 Å². The third-order valence-electron chi connectivity index (χ3n) is 4.09. The normalized spacial score (nSPS) is 15.3. The van der Waals surface area contributed by atoms with Gasteiger partial charge < -0.3 is 4.52 Å². The molecule has 0 unspecified atom stereocenters. The van der Waals surface area contributed by atoms with E-state index in [1.807, 2.05) is 6.07 Å². The Labute approximate surface area is 136 Å². The van der Waals surface area contributed by atoms with Crippen LogP contribution < -0.4 is 0 Å². The molecule has 0 bridgehead atoms. The first-order chi connectivity index (χ1) is 10.9. The lowest BCUT2D eigenvalue weighted by Crippen LogP contribution is -2.28. The van der Waals surface area contributed by atoms with Gasteiger partial charge in [-0.1, -0.05) is 38.1 Å². The zero-order valence-corrected chi connectivity index (χ0v) is 14.1. The molecule has 3 rings (SSSR count). The minimum atomic E-state index is -0.173. The van der Waals surface area contributed by atoms with Crippen LogP contribution in [-0.4, -0.2) is 27.6 Å². The second-order valence-corrected chi connectivity index (χ2v) is 7.35. The van der Waals surface area contributed by atoms with Crippen molar-refractivity contribution in [2.24, 2.45) is 0 Å². The van der Waals surface area contributed by atoms with Crippen LogP contribution in [0.5, 0.6) is 0 Å². The summed E-state index contributed by atoms with van der Waals surface area (Å²) < 4.78 is 18.6. The van der Waals surface area contributed by atoms with Crippen LogP contribution in [0.4, 0.5) is 4.39 Å². The van der Waals surface area contributed by atoms with Crippen molar-refractivity contribution in [3.63, 3.8) is 0 Å². The van der Waals surface area contributed by atoms with E-state index in [1.54, 1.807) is 12.1 Å². The fourth-order valence-corrected chi connectivity index (χ4v) is 2.60. The van der Waals surface area contributed by atoms with Gasteiger partial charge in [0.25, 0.3) is 0 Å². The summed E-state index contributed by atoms with van der Waals surface area (Å²) in [6.07, 6.45) is 3.26. The molecule has 0 saturated heterocycles. The van der Waals surface area contributed by atoms with E-state index in [0.717, 1.165) is 24.4 Å². The van der Waals surface area contributed by atoms with Crippen LogP contribution in [0, 0.1) is 5.82 Å². The van der Waals surface area contributed by atoms with Crippen LogP contribution in [0.25, 0.3) is 0 Å². The quantitative estimate of drug-likeness (QED) is 0.814. The maximum Gasteiger partial charge on any atom is 0.232 e. The van der Waals surface area contributed by atoms with E-state index < -0.39 is 0 Å². The molecule has 4 nitrogen and oxygen atoms in total. The summed E-state index contributed by atoms with van der Waals surface area (Å²) in [5.74, 6) is 1.24. The smallest absolute Gasteiger partial charge is 0.232 e. The van der Waals surface area contributed by atoms with Gasteiger partial charge in [0.05, 0.1) is 6.54 Å². The van der Waals surface area contributed by atoms with E-state index in [0.29, 0.717) is 18.5 Å². The fraction of sp³-hybridized carbons (Fsp3) is 0.556. The van der Waals surface area contributed by atoms with Crippen LogP contribution >= 0.6 is 0 Å². The van der Waals surface area contributed by atoms with Gasteiger partial charge in [-0.05, 0) is 37.0 Å². The molecule has 1 saturated carbocycles. The predicted octanol–water partition coefficient (Wildman–Crippen LogP) is 3.71. The highest BCUT2D eigenvalue weighted by Crippen LogP contribution is 2.28. The Balaban J connectivity index is 1.62. The van der Waals surface area contributed by atoms with Crippen LogP contribution in [0.1, 0.15) is 50.9 Å². The number of nitrogens with zero attached hydrogens (tertiary/aromatic N) is 3. The number of hydrogen-bond acceptors (Lipinski definition) is 4. The lowest BCUT2D eigenvalue weighted by atomic mass is 9.97. The molecule has 5 heteroatoms. The van der Waals surface area contributed by atoms with E-state index >= 15 is 0 Å². The van der Waals surface area contributed by atoms with E-state index in [2.05, 4.69) is 35.8 Å². The summed E-state index contributed by atoms with van der Waals surface area (Å²) in [5.41, 5.74) is 0.899. The van der Waals surface area contributed by atoms with Crippen molar-refractivity contribution < 1.29 is 8.91 Å². The molecular formula is C18H24FN3O.